The third-order valence-corrected chi connectivity index (χ3v) is 7.71. The average molecular weight is 518 g/mol. The quantitative estimate of drug-likeness (QED) is 0.368. The van der Waals surface area contributed by atoms with Gasteiger partial charge in [0.2, 0.25) is 5.78 Å². The van der Waals surface area contributed by atoms with Crippen LogP contribution in [0.4, 0.5) is 0 Å². The number of hydrogen-bond donors (Lipinski definition) is 2. The number of benzene rings is 2. The largest absolute Gasteiger partial charge is 0.359 e. The van der Waals surface area contributed by atoms with Crippen LogP contribution >= 0.6 is 11.6 Å². The molecule has 190 valence electrons. The standard InChI is InChI=1S/C28H28ClN5O3/c29-21-11-7-10-20(16-21)27(14-15-27)32-25(36)28(12-5-2-6-13-28)37-18-22-17-23(35)34-26(30-22)31-24(33-34)19-8-3-1-4-9-19/h1,3-4,7-11,16-17H,2,5-6,12-15,18H2,(H,32,36)(H,30,31,33). The number of carbonyl (C=O) groups is 1. The Hall–Kier alpha value is -3.49. The van der Waals surface area contributed by atoms with Crippen LogP contribution in [0.25, 0.3) is 17.2 Å². The van der Waals surface area contributed by atoms with Gasteiger partial charge in [-0.05, 0) is 43.4 Å². The van der Waals surface area contributed by atoms with Crippen LogP contribution in [0.2, 0.25) is 5.02 Å². The number of ether oxygens (including phenoxy) is 1. The van der Waals surface area contributed by atoms with E-state index < -0.39 is 11.1 Å². The summed E-state index contributed by atoms with van der Waals surface area (Å²) in [6.07, 6.45) is 5.92. The first-order valence-corrected chi connectivity index (χ1v) is 13.1. The normalized spacial score (nSPS) is 18.0. The van der Waals surface area contributed by atoms with Crippen LogP contribution in [0.5, 0.6) is 0 Å². The molecule has 6 rings (SSSR count). The van der Waals surface area contributed by atoms with Gasteiger partial charge in [-0.1, -0.05) is 73.3 Å². The number of carbonyl (C=O) groups excluding carboxylic acids is 1. The van der Waals surface area contributed by atoms with E-state index in [1.165, 1.54) is 10.6 Å². The smallest absolute Gasteiger partial charge is 0.275 e. The van der Waals surface area contributed by atoms with Crippen molar-refractivity contribution in [2.45, 2.75) is 62.7 Å². The fourth-order valence-corrected chi connectivity index (χ4v) is 5.42. The van der Waals surface area contributed by atoms with Crippen molar-refractivity contribution in [2.75, 3.05) is 0 Å². The molecule has 9 heteroatoms. The molecule has 2 aliphatic carbocycles. The van der Waals surface area contributed by atoms with Crippen molar-refractivity contribution in [3.63, 3.8) is 0 Å². The second-order valence-corrected chi connectivity index (χ2v) is 10.5. The predicted octanol–water partition coefficient (Wildman–Crippen LogP) is 4.76. The van der Waals surface area contributed by atoms with Crippen LogP contribution in [-0.2, 0) is 21.7 Å². The molecular weight excluding hydrogens is 490 g/mol. The van der Waals surface area contributed by atoms with E-state index in [2.05, 4.69) is 20.4 Å². The van der Waals surface area contributed by atoms with Gasteiger partial charge in [0.1, 0.15) is 5.60 Å². The SMILES string of the molecule is O=C(NC1(c2cccc(Cl)c2)CC1)C1(OCc2cc(=O)n3nc(-c4ccccc4)nc3[nH]2)CCCCC1. The number of halogens is 1. The second-order valence-electron chi connectivity index (χ2n) is 10.1. The van der Waals surface area contributed by atoms with Gasteiger partial charge in [0.15, 0.2) is 5.82 Å². The average Bonchev–Trinajstić information content (AvgIpc) is 3.57. The number of nitrogens with zero attached hydrogens (tertiary/aromatic N) is 3. The minimum absolute atomic E-state index is 0.0941. The highest BCUT2D eigenvalue weighted by Gasteiger charge is 2.50. The van der Waals surface area contributed by atoms with Crippen LogP contribution in [-0.4, -0.2) is 31.1 Å². The number of aromatic nitrogens is 4. The van der Waals surface area contributed by atoms with Crippen LogP contribution in [0, 0.1) is 0 Å². The maximum absolute atomic E-state index is 13.7. The first-order chi connectivity index (χ1) is 18.0. The molecule has 2 N–H and O–H groups in total. The number of nitrogens with one attached hydrogen (secondary N) is 2. The molecule has 2 aromatic carbocycles. The summed E-state index contributed by atoms with van der Waals surface area (Å²) in [5.41, 5.74) is 0.759. The molecule has 0 saturated heterocycles. The van der Waals surface area contributed by atoms with Crippen molar-refractivity contribution >= 4 is 23.3 Å². The summed E-state index contributed by atoms with van der Waals surface area (Å²) < 4.78 is 7.63. The summed E-state index contributed by atoms with van der Waals surface area (Å²) >= 11 is 6.22. The molecule has 2 saturated carbocycles. The molecule has 8 nitrogen and oxygen atoms in total. The first-order valence-electron chi connectivity index (χ1n) is 12.7. The Labute approximate surface area is 219 Å². The maximum atomic E-state index is 13.7. The number of aromatic amines is 1. The van der Waals surface area contributed by atoms with E-state index in [1.807, 2.05) is 54.6 Å². The van der Waals surface area contributed by atoms with Crippen LogP contribution < -0.4 is 10.9 Å². The highest BCUT2D eigenvalue weighted by atomic mass is 35.5. The number of rotatable bonds is 7. The molecule has 0 radical (unpaired) electrons. The summed E-state index contributed by atoms with van der Waals surface area (Å²) in [4.78, 5) is 34.2. The molecule has 2 aromatic heterocycles. The molecule has 2 aliphatic rings. The highest BCUT2D eigenvalue weighted by molar-refractivity contribution is 6.30. The van der Waals surface area contributed by atoms with E-state index in [4.69, 9.17) is 16.3 Å². The summed E-state index contributed by atoms with van der Waals surface area (Å²) in [6, 6.07) is 18.6. The Morgan fingerprint density at radius 2 is 1.81 bits per heavy atom. The van der Waals surface area contributed by atoms with Crippen molar-refractivity contribution in [3.05, 3.63) is 87.3 Å². The lowest BCUT2D eigenvalue weighted by atomic mass is 9.83. The van der Waals surface area contributed by atoms with Crippen molar-refractivity contribution in [2.24, 2.45) is 0 Å². The topological polar surface area (TPSA) is 101 Å². The number of fused-ring (bicyclic) bond motifs is 1. The zero-order chi connectivity index (χ0) is 25.5. The van der Waals surface area contributed by atoms with Crippen molar-refractivity contribution in [1.29, 1.82) is 0 Å². The van der Waals surface area contributed by atoms with Crippen LogP contribution in [0.15, 0.2) is 65.5 Å². The zero-order valence-corrected chi connectivity index (χ0v) is 21.1. The van der Waals surface area contributed by atoms with Crippen molar-refractivity contribution < 1.29 is 9.53 Å². The zero-order valence-electron chi connectivity index (χ0n) is 20.4. The van der Waals surface area contributed by atoms with Crippen LogP contribution in [0.1, 0.15) is 56.2 Å². The fourth-order valence-electron chi connectivity index (χ4n) is 5.23. The molecule has 0 bridgehead atoms. The Bertz CT molecular complexity index is 1500. The van der Waals surface area contributed by atoms with E-state index in [0.29, 0.717) is 35.2 Å². The van der Waals surface area contributed by atoms with E-state index in [1.54, 1.807) is 0 Å². The van der Waals surface area contributed by atoms with Crippen LogP contribution in [0.3, 0.4) is 0 Å². The van der Waals surface area contributed by atoms with E-state index in [9.17, 15) is 9.59 Å². The molecule has 2 heterocycles. The minimum Gasteiger partial charge on any atom is -0.359 e. The Balaban J connectivity index is 1.23. The van der Waals surface area contributed by atoms with Gasteiger partial charge in [0.05, 0.1) is 12.1 Å². The van der Waals surface area contributed by atoms with E-state index in [-0.39, 0.29) is 18.1 Å². The number of amides is 1. The molecule has 37 heavy (non-hydrogen) atoms. The third-order valence-electron chi connectivity index (χ3n) is 7.48. The molecule has 0 atom stereocenters. The molecule has 1 amide bonds. The number of hydrogen-bond acceptors (Lipinski definition) is 5. The predicted molar refractivity (Wildman–Crippen MR) is 140 cm³/mol. The highest BCUT2D eigenvalue weighted by Crippen LogP contribution is 2.47. The second kappa shape index (κ2) is 9.43. The minimum atomic E-state index is -0.946. The molecule has 0 spiro atoms. The maximum Gasteiger partial charge on any atom is 0.275 e. The van der Waals surface area contributed by atoms with Gasteiger partial charge >= 0.3 is 0 Å². The lowest BCUT2D eigenvalue weighted by Crippen LogP contribution is -2.53. The van der Waals surface area contributed by atoms with Gasteiger partial charge in [-0.15, -0.1) is 5.10 Å². The summed E-state index contributed by atoms with van der Waals surface area (Å²) in [7, 11) is 0. The third kappa shape index (κ3) is 4.67. The first kappa shape index (κ1) is 23.9. The lowest BCUT2D eigenvalue weighted by Gasteiger charge is -2.37. The van der Waals surface area contributed by atoms with Gasteiger partial charge in [-0.2, -0.15) is 9.50 Å². The van der Waals surface area contributed by atoms with Gasteiger partial charge in [0, 0.05) is 22.3 Å². The lowest BCUT2D eigenvalue weighted by molar-refractivity contribution is -0.155. The van der Waals surface area contributed by atoms with Crippen molar-refractivity contribution in [1.82, 2.24) is 24.9 Å². The Morgan fingerprint density at radius 1 is 1.03 bits per heavy atom. The molecular formula is C28H28ClN5O3. The van der Waals surface area contributed by atoms with Gasteiger partial charge in [-0.25, -0.2) is 0 Å². The summed E-state index contributed by atoms with van der Waals surface area (Å²) in [5.74, 6) is 0.706. The fraction of sp³-hybridized carbons (Fsp3) is 0.357. The molecule has 4 aromatic rings. The van der Waals surface area contributed by atoms with Gasteiger partial charge in [0.25, 0.3) is 11.5 Å². The van der Waals surface area contributed by atoms with E-state index >= 15 is 0 Å². The Kier molecular flexibility index (Phi) is 6.09. The van der Waals surface area contributed by atoms with Gasteiger partial charge < -0.3 is 15.0 Å². The van der Waals surface area contributed by atoms with Gasteiger partial charge in [-0.3, -0.25) is 9.59 Å². The summed E-state index contributed by atoms with van der Waals surface area (Å²) in [6.45, 7) is 0.0941. The van der Waals surface area contributed by atoms with E-state index in [0.717, 1.165) is 43.2 Å². The summed E-state index contributed by atoms with van der Waals surface area (Å²) in [5, 5.41) is 8.30. The monoisotopic (exact) mass is 517 g/mol. The number of H-pyrrole nitrogens is 1. The molecule has 2 fully saturated rings. The van der Waals surface area contributed by atoms with Crippen molar-refractivity contribution in [3.8, 4) is 11.4 Å². The molecule has 0 aliphatic heterocycles. The Morgan fingerprint density at radius 3 is 2.54 bits per heavy atom. The molecule has 0 unspecified atom stereocenters.